The van der Waals surface area contributed by atoms with E-state index < -0.39 is 0 Å². The fraction of sp³-hybridized carbons (Fsp3) is 0.500. The van der Waals surface area contributed by atoms with Gasteiger partial charge in [-0.2, -0.15) is 0 Å². The van der Waals surface area contributed by atoms with Crippen LogP contribution in [0.3, 0.4) is 0 Å². The van der Waals surface area contributed by atoms with E-state index >= 15 is 0 Å². The number of anilines is 1. The van der Waals surface area contributed by atoms with Crippen molar-refractivity contribution in [2.75, 3.05) is 5.32 Å². The Balaban J connectivity index is 1.55. The monoisotopic (exact) mass is 398 g/mol. The first-order valence-corrected chi connectivity index (χ1v) is 10.6. The van der Waals surface area contributed by atoms with E-state index in [1.807, 2.05) is 4.57 Å². The number of hydrogen-bond donors (Lipinski definition) is 2. The molecule has 2 aromatic rings. The lowest BCUT2D eigenvalue weighted by molar-refractivity contribution is 0.0917. The second kappa shape index (κ2) is 8.76. The minimum atomic E-state index is -0.365. The van der Waals surface area contributed by atoms with Crippen LogP contribution in [0, 0.1) is 5.82 Å². The SMILES string of the molecule is O=C(Nc1ccc(F)cc1)c1nc(C(=O)NC2CCCCCC2)n2c1CCCC2. The van der Waals surface area contributed by atoms with E-state index in [9.17, 15) is 14.0 Å². The summed E-state index contributed by atoms with van der Waals surface area (Å²) in [7, 11) is 0. The molecule has 1 saturated carbocycles. The summed E-state index contributed by atoms with van der Waals surface area (Å²) in [5, 5.41) is 5.90. The van der Waals surface area contributed by atoms with Gasteiger partial charge >= 0.3 is 0 Å². The molecule has 1 aromatic carbocycles. The maximum atomic E-state index is 13.1. The second-order valence-corrected chi connectivity index (χ2v) is 7.96. The van der Waals surface area contributed by atoms with E-state index in [1.165, 1.54) is 37.1 Å². The van der Waals surface area contributed by atoms with Crippen molar-refractivity contribution in [1.29, 1.82) is 0 Å². The van der Waals surface area contributed by atoms with E-state index in [1.54, 1.807) is 0 Å². The summed E-state index contributed by atoms with van der Waals surface area (Å²) in [6.07, 6.45) is 9.35. The zero-order valence-electron chi connectivity index (χ0n) is 16.5. The molecule has 7 heteroatoms. The summed E-state index contributed by atoms with van der Waals surface area (Å²) in [5.74, 6) is -0.593. The highest BCUT2D eigenvalue weighted by atomic mass is 19.1. The Morgan fingerprint density at radius 1 is 0.966 bits per heavy atom. The Morgan fingerprint density at radius 2 is 1.69 bits per heavy atom. The number of hydrogen-bond acceptors (Lipinski definition) is 3. The third-order valence-corrected chi connectivity index (χ3v) is 5.83. The lowest BCUT2D eigenvalue weighted by Crippen LogP contribution is -2.36. The zero-order chi connectivity index (χ0) is 20.2. The van der Waals surface area contributed by atoms with Crippen molar-refractivity contribution in [1.82, 2.24) is 14.9 Å². The number of nitrogens with zero attached hydrogens (tertiary/aromatic N) is 2. The lowest BCUT2D eigenvalue weighted by Gasteiger charge is -2.19. The molecule has 29 heavy (non-hydrogen) atoms. The molecule has 0 spiro atoms. The Bertz CT molecular complexity index is 883. The molecule has 6 nitrogen and oxygen atoms in total. The number of nitrogens with one attached hydrogen (secondary N) is 2. The van der Waals surface area contributed by atoms with Crippen LogP contribution >= 0.6 is 0 Å². The van der Waals surface area contributed by atoms with Crippen LogP contribution in [0.25, 0.3) is 0 Å². The summed E-state index contributed by atoms with van der Waals surface area (Å²) >= 11 is 0. The van der Waals surface area contributed by atoms with Gasteiger partial charge in [0.05, 0.1) is 5.69 Å². The fourth-order valence-corrected chi connectivity index (χ4v) is 4.30. The van der Waals surface area contributed by atoms with Gasteiger partial charge in [-0.05, 0) is 56.4 Å². The normalized spacial score (nSPS) is 17.3. The first-order valence-electron chi connectivity index (χ1n) is 10.6. The summed E-state index contributed by atoms with van der Waals surface area (Å²) < 4.78 is 15.0. The quantitative estimate of drug-likeness (QED) is 0.763. The molecule has 4 rings (SSSR count). The Kier molecular flexibility index (Phi) is 5.92. The van der Waals surface area contributed by atoms with Gasteiger partial charge in [-0.3, -0.25) is 9.59 Å². The second-order valence-electron chi connectivity index (χ2n) is 7.96. The molecule has 2 amide bonds. The summed E-state index contributed by atoms with van der Waals surface area (Å²) in [6, 6.07) is 5.79. The molecule has 0 unspecified atom stereocenters. The smallest absolute Gasteiger partial charge is 0.287 e. The van der Waals surface area contributed by atoms with Gasteiger partial charge in [-0.15, -0.1) is 0 Å². The highest BCUT2D eigenvalue weighted by Crippen LogP contribution is 2.23. The van der Waals surface area contributed by atoms with Crippen LogP contribution in [0.1, 0.15) is 78.2 Å². The van der Waals surface area contributed by atoms with Gasteiger partial charge in [-0.1, -0.05) is 25.7 Å². The van der Waals surface area contributed by atoms with Crippen molar-refractivity contribution < 1.29 is 14.0 Å². The van der Waals surface area contributed by atoms with Crippen LogP contribution in [0.5, 0.6) is 0 Å². The summed E-state index contributed by atoms with van der Waals surface area (Å²) in [6.45, 7) is 0.694. The topological polar surface area (TPSA) is 76.0 Å². The largest absolute Gasteiger partial charge is 0.347 e. The molecule has 0 radical (unpaired) electrons. The molecule has 154 valence electrons. The lowest BCUT2D eigenvalue weighted by atomic mass is 10.1. The molecule has 0 bridgehead atoms. The first kappa shape index (κ1) is 19.6. The van der Waals surface area contributed by atoms with Crippen LogP contribution in [-0.2, 0) is 13.0 Å². The van der Waals surface area contributed by atoms with Crippen molar-refractivity contribution in [2.24, 2.45) is 0 Å². The van der Waals surface area contributed by atoms with E-state index in [0.29, 0.717) is 23.8 Å². The number of halogens is 1. The van der Waals surface area contributed by atoms with E-state index in [-0.39, 0.29) is 23.7 Å². The maximum absolute atomic E-state index is 13.1. The highest BCUT2D eigenvalue weighted by Gasteiger charge is 2.28. The number of imidazole rings is 1. The van der Waals surface area contributed by atoms with E-state index in [2.05, 4.69) is 15.6 Å². The average Bonchev–Trinajstić information content (AvgIpc) is 2.93. The number of aromatic nitrogens is 2. The van der Waals surface area contributed by atoms with Crippen molar-refractivity contribution in [3.8, 4) is 0 Å². The number of carbonyl (C=O) groups excluding carboxylic acids is 2. The van der Waals surface area contributed by atoms with Gasteiger partial charge in [0, 0.05) is 18.3 Å². The van der Waals surface area contributed by atoms with E-state index in [0.717, 1.165) is 50.6 Å². The molecule has 1 fully saturated rings. The van der Waals surface area contributed by atoms with Crippen LogP contribution < -0.4 is 10.6 Å². The molecule has 2 aliphatic rings. The molecule has 1 aliphatic carbocycles. The standard InChI is InChI=1S/C22H27FN4O2/c23-15-10-12-17(13-11-15)24-21(28)19-18-9-5-6-14-27(18)20(26-19)22(29)25-16-7-3-1-2-4-8-16/h10-13,16H,1-9,14H2,(H,24,28)(H,25,29). The molecular weight excluding hydrogens is 371 g/mol. The molecular formula is C22H27FN4O2. The van der Waals surface area contributed by atoms with Crippen molar-refractivity contribution >= 4 is 17.5 Å². The number of benzene rings is 1. The van der Waals surface area contributed by atoms with Crippen molar-refractivity contribution in [3.63, 3.8) is 0 Å². The predicted molar refractivity (Wildman–Crippen MR) is 108 cm³/mol. The molecule has 0 atom stereocenters. The van der Waals surface area contributed by atoms with Crippen LogP contribution in [0.15, 0.2) is 24.3 Å². The van der Waals surface area contributed by atoms with Crippen molar-refractivity contribution in [2.45, 2.75) is 70.4 Å². The third kappa shape index (κ3) is 4.49. The third-order valence-electron chi connectivity index (χ3n) is 5.83. The Morgan fingerprint density at radius 3 is 2.41 bits per heavy atom. The number of fused-ring (bicyclic) bond motifs is 1. The number of rotatable bonds is 4. The van der Waals surface area contributed by atoms with Gasteiger partial charge in [0.25, 0.3) is 11.8 Å². The predicted octanol–water partition coefficient (Wildman–Crippen LogP) is 4.06. The fourth-order valence-electron chi connectivity index (χ4n) is 4.30. The van der Waals surface area contributed by atoms with Gasteiger partial charge < -0.3 is 15.2 Å². The van der Waals surface area contributed by atoms with Crippen LogP contribution in [-0.4, -0.2) is 27.4 Å². The Hall–Kier alpha value is -2.70. The average molecular weight is 398 g/mol. The van der Waals surface area contributed by atoms with E-state index in [4.69, 9.17) is 0 Å². The Labute approximate surface area is 169 Å². The summed E-state index contributed by atoms with van der Waals surface area (Å²) in [4.78, 5) is 30.3. The molecule has 0 saturated heterocycles. The molecule has 2 heterocycles. The van der Waals surface area contributed by atoms with Crippen LogP contribution in [0.2, 0.25) is 0 Å². The molecule has 1 aromatic heterocycles. The maximum Gasteiger partial charge on any atom is 0.287 e. The number of carbonyl (C=O) groups is 2. The highest BCUT2D eigenvalue weighted by molar-refractivity contribution is 6.05. The van der Waals surface area contributed by atoms with Crippen LogP contribution in [0.4, 0.5) is 10.1 Å². The van der Waals surface area contributed by atoms with Crippen molar-refractivity contribution in [3.05, 3.63) is 47.3 Å². The van der Waals surface area contributed by atoms with Gasteiger partial charge in [0.2, 0.25) is 0 Å². The summed E-state index contributed by atoms with van der Waals surface area (Å²) in [5.41, 5.74) is 1.60. The van der Waals surface area contributed by atoms with Gasteiger partial charge in [0.1, 0.15) is 5.82 Å². The molecule has 1 aliphatic heterocycles. The van der Waals surface area contributed by atoms with Gasteiger partial charge in [-0.25, -0.2) is 9.37 Å². The minimum Gasteiger partial charge on any atom is -0.347 e. The van der Waals surface area contributed by atoms with Gasteiger partial charge in [0.15, 0.2) is 11.5 Å². The zero-order valence-corrected chi connectivity index (χ0v) is 16.5. The minimum absolute atomic E-state index is 0.179. The first-order chi connectivity index (χ1) is 14.1. The number of amides is 2. The molecule has 2 N–H and O–H groups in total.